The van der Waals surface area contributed by atoms with Crippen molar-refractivity contribution in [2.75, 3.05) is 37.7 Å². The van der Waals surface area contributed by atoms with E-state index in [2.05, 4.69) is 15.1 Å². The number of benzene rings is 1. The zero-order chi connectivity index (χ0) is 37.1. The number of halogens is 4. The van der Waals surface area contributed by atoms with Crippen LogP contribution in [0.15, 0.2) is 35.4 Å². The Morgan fingerprint density at radius 3 is 2.56 bits per heavy atom. The molecule has 14 nitrogen and oxygen atoms in total. The predicted molar refractivity (Wildman–Crippen MR) is 184 cm³/mol. The van der Waals surface area contributed by atoms with E-state index in [9.17, 15) is 32.7 Å². The molecule has 0 bridgehead atoms. The smallest absolute Gasteiger partial charge is 0.416 e. The van der Waals surface area contributed by atoms with Crippen molar-refractivity contribution in [3.8, 4) is 16.5 Å². The van der Waals surface area contributed by atoms with Gasteiger partial charge in [0.25, 0.3) is 11.5 Å². The van der Waals surface area contributed by atoms with E-state index >= 15 is 0 Å². The van der Waals surface area contributed by atoms with Crippen molar-refractivity contribution >= 4 is 46.2 Å². The van der Waals surface area contributed by atoms with Crippen LogP contribution in [0.5, 0.6) is 5.75 Å². The first kappa shape index (κ1) is 35.3. The van der Waals surface area contributed by atoms with Gasteiger partial charge in [-0.2, -0.15) is 22.7 Å². The SMILES string of the molecule is CCc1c(N2CCN(C(=O)c3ncnc(C)c3O)CC2)c(=O)n2nc(-c3cc4c(s3)COCC4)nc2n1C(C(N)=O)c1ccc(C(F)(F)F)cc1Cl. The molecule has 1 unspecified atom stereocenters. The fourth-order valence-electron chi connectivity index (χ4n) is 6.59. The van der Waals surface area contributed by atoms with Crippen LogP contribution in [0.1, 0.15) is 56.4 Å². The molecule has 1 saturated heterocycles. The quantitative estimate of drug-likeness (QED) is 0.249. The van der Waals surface area contributed by atoms with Gasteiger partial charge in [0.15, 0.2) is 17.3 Å². The number of carbonyl (C=O) groups is 2. The van der Waals surface area contributed by atoms with Crippen LogP contribution >= 0.6 is 22.9 Å². The fraction of sp³-hybridized carbons (Fsp3) is 0.364. The molecule has 6 heterocycles. The zero-order valence-corrected chi connectivity index (χ0v) is 29.3. The van der Waals surface area contributed by atoms with Crippen LogP contribution < -0.4 is 16.2 Å². The molecule has 0 saturated carbocycles. The molecule has 52 heavy (non-hydrogen) atoms. The van der Waals surface area contributed by atoms with Crippen LogP contribution in [-0.4, -0.2) is 83.7 Å². The first-order valence-electron chi connectivity index (χ1n) is 16.2. The standard InChI is InChI=1S/C33H31ClF3N9O5S/c1-3-21-26(43-7-9-44(10-8-43)30(49)24-27(47)16(2)39-15-40-24)31(50)46-32(41-29(42-46)22-12-17-6-11-51-14-23(17)52-22)45(21)25(28(38)48)19-5-4-18(13-20(19)34)33(35,36)37/h4-5,12-13,15,25,47H,3,6-11,14H2,1-2H3,(H2,38,48). The molecule has 1 aromatic carbocycles. The van der Waals surface area contributed by atoms with E-state index in [1.807, 2.05) is 6.07 Å². The summed E-state index contributed by atoms with van der Waals surface area (Å²) in [5.74, 6) is -1.66. The van der Waals surface area contributed by atoms with E-state index in [1.54, 1.807) is 18.7 Å². The van der Waals surface area contributed by atoms with Gasteiger partial charge in [0.05, 0.1) is 35.0 Å². The predicted octanol–water partition coefficient (Wildman–Crippen LogP) is 3.77. The fourth-order valence-corrected chi connectivity index (χ4v) is 7.96. The van der Waals surface area contributed by atoms with Crippen LogP contribution in [0.3, 0.4) is 0 Å². The molecule has 1 atom stereocenters. The van der Waals surface area contributed by atoms with Gasteiger partial charge in [-0.05, 0) is 43.5 Å². The normalized spacial score (nSPS) is 15.6. The summed E-state index contributed by atoms with van der Waals surface area (Å²) in [6.07, 6.45) is -2.66. The first-order valence-corrected chi connectivity index (χ1v) is 17.4. The van der Waals surface area contributed by atoms with Crippen LogP contribution in [0.25, 0.3) is 16.5 Å². The number of alkyl halides is 3. The number of ether oxygens (including phenoxy) is 1. The summed E-state index contributed by atoms with van der Waals surface area (Å²) in [6.45, 7) is 4.87. The molecule has 5 aromatic rings. The van der Waals surface area contributed by atoms with Crippen LogP contribution in [0.4, 0.5) is 18.9 Å². The molecule has 2 amide bonds. The summed E-state index contributed by atoms with van der Waals surface area (Å²) in [4.78, 5) is 58.7. The van der Waals surface area contributed by atoms with E-state index in [0.717, 1.165) is 33.2 Å². The summed E-state index contributed by atoms with van der Waals surface area (Å²) in [5.41, 5.74) is 6.03. The number of aromatic hydroxyl groups is 1. The van der Waals surface area contributed by atoms with Crippen molar-refractivity contribution < 1.29 is 32.6 Å². The highest BCUT2D eigenvalue weighted by Gasteiger charge is 2.36. The lowest BCUT2D eigenvalue weighted by atomic mass is 10.0. The van der Waals surface area contributed by atoms with Gasteiger partial charge in [0.1, 0.15) is 18.1 Å². The van der Waals surface area contributed by atoms with Crippen molar-refractivity contribution in [1.29, 1.82) is 0 Å². The van der Waals surface area contributed by atoms with Gasteiger partial charge in [-0.25, -0.2) is 9.97 Å². The van der Waals surface area contributed by atoms with E-state index in [1.165, 1.54) is 27.1 Å². The summed E-state index contributed by atoms with van der Waals surface area (Å²) in [7, 11) is 0. The maximum Gasteiger partial charge on any atom is 0.416 e. The monoisotopic (exact) mass is 757 g/mol. The molecule has 0 aliphatic carbocycles. The largest absolute Gasteiger partial charge is 0.504 e. The number of thiophene rings is 1. The number of amides is 2. The highest BCUT2D eigenvalue weighted by Crippen LogP contribution is 2.38. The highest BCUT2D eigenvalue weighted by molar-refractivity contribution is 7.15. The molecule has 272 valence electrons. The number of rotatable bonds is 7. The number of hydrogen-bond donors (Lipinski definition) is 2. The molecular formula is C33H31ClF3N9O5S. The van der Waals surface area contributed by atoms with Crippen molar-refractivity contribution in [3.05, 3.63) is 84.6 Å². The summed E-state index contributed by atoms with van der Waals surface area (Å²) in [6, 6.07) is 3.05. The van der Waals surface area contributed by atoms with Crippen LogP contribution in [0, 0.1) is 6.92 Å². The maximum atomic E-state index is 14.5. The Balaban J connectivity index is 1.37. The molecule has 3 N–H and O–H groups in total. The topological polar surface area (TPSA) is 174 Å². The second kappa shape index (κ2) is 13.5. The first-order chi connectivity index (χ1) is 24.8. The Hall–Kier alpha value is -5.07. The van der Waals surface area contributed by atoms with Gasteiger partial charge < -0.3 is 25.4 Å². The maximum absolute atomic E-state index is 14.5. The molecule has 2 aliphatic heterocycles. The Kier molecular flexibility index (Phi) is 9.16. The van der Waals surface area contributed by atoms with Gasteiger partial charge in [-0.1, -0.05) is 24.6 Å². The average molecular weight is 758 g/mol. The van der Waals surface area contributed by atoms with Gasteiger partial charge in [0.2, 0.25) is 11.7 Å². The summed E-state index contributed by atoms with van der Waals surface area (Å²) < 4.78 is 48.9. The van der Waals surface area contributed by atoms with E-state index in [0.29, 0.717) is 30.2 Å². The van der Waals surface area contributed by atoms with Crippen molar-refractivity contribution in [2.24, 2.45) is 5.73 Å². The van der Waals surface area contributed by atoms with Gasteiger partial charge in [0, 0.05) is 41.6 Å². The number of piperazine rings is 1. The Morgan fingerprint density at radius 1 is 1.15 bits per heavy atom. The number of hydrogen-bond acceptors (Lipinski definition) is 11. The van der Waals surface area contributed by atoms with E-state index in [4.69, 9.17) is 27.1 Å². The average Bonchev–Trinajstić information content (AvgIpc) is 3.76. The number of nitrogens with two attached hydrogens (primary N) is 1. The lowest BCUT2D eigenvalue weighted by molar-refractivity contribution is -0.137. The molecular weight excluding hydrogens is 727 g/mol. The highest BCUT2D eigenvalue weighted by atomic mass is 35.5. The molecule has 4 aromatic heterocycles. The minimum atomic E-state index is -4.70. The lowest BCUT2D eigenvalue weighted by Gasteiger charge is -2.37. The van der Waals surface area contributed by atoms with E-state index in [-0.39, 0.29) is 77.6 Å². The van der Waals surface area contributed by atoms with Gasteiger partial charge in [-0.15, -0.1) is 16.4 Å². The van der Waals surface area contributed by atoms with Crippen LogP contribution in [-0.2, 0) is 35.2 Å². The number of carbonyl (C=O) groups excluding carboxylic acids is 2. The zero-order valence-electron chi connectivity index (χ0n) is 27.8. The second-order valence-electron chi connectivity index (χ2n) is 12.3. The summed E-state index contributed by atoms with van der Waals surface area (Å²) in [5, 5.41) is 14.6. The van der Waals surface area contributed by atoms with Crippen molar-refractivity contribution in [1.82, 2.24) is 34.0 Å². The van der Waals surface area contributed by atoms with E-state index < -0.39 is 35.2 Å². The molecule has 7 rings (SSSR count). The minimum absolute atomic E-state index is 0.0305. The lowest BCUT2D eigenvalue weighted by Crippen LogP contribution is -2.51. The third-order valence-corrected chi connectivity index (χ3v) is 10.7. The van der Waals surface area contributed by atoms with Crippen molar-refractivity contribution in [2.45, 2.75) is 45.5 Å². The van der Waals surface area contributed by atoms with Crippen molar-refractivity contribution in [3.63, 3.8) is 0 Å². The minimum Gasteiger partial charge on any atom is -0.504 e. The molecule has 2 aliphatic rings. The molecule has 0 radical (unpaired) electrons. The van der Waals surface area contributed by atoms with Crippen LogP contribution in [0.2, 0.25) is 5.02 Å². The Morgan fingerprint density at radius 2 is 1.90 bits per heavy atom. The number of nitrogens with zero attached hydrogens (tertiary/aromatic N) is 8. The summed E-state index contributed by atoms with van der Waals surface area (Å²) >= 11 is 7.87. The number of aryl methyl sites for hydroxylation is 1. The number of aromatic nitrogens is 6. The molecule has 1 fully saturated rings. The number of anilines is 1. The Labute approximate surface area is 302 Å². The second-order valence-corrected chi connectivity index (χ2v) is 13.9. The molecule has 19 heteroatoms. The number of primary amides is 1. The number of fused-ring (bicyclic) bond motifs is 2. The molecule has 0 spiro atoms. The Bertz CT molecular complexity index is 2280. The van der Waals surface area contributed by atoms with Gasteiger partial charge >= 0.3 is 6.18 Å². The third kappa shape index (κ3) is 6.13. The third-order valence-electron chi connectivity index (χ3n) is 9.21. The van der Waals surface area contributed by atoms with Gasteiger partial charge in [-0.3, -0.25) is 19.0 Å².